The van der Waals surface area contributed by atoms with Crippen LogP contribution < -0.4 is 19.5 Å². The first-order valence-corrected chi connectivity index (χ1v) is 10.6. The highest BCUT2D eigenvalue weighted by Gasteiger charge is 2.32. The summed E-state index contributed by atoms with van der Waals surface area (Å²) in [5.41, 5.74) is 1.44. The highest BCUT2D eigenvalue weighted by molar-refractivity contribution is 8.26. The van der Waals surface area contributed by atoms with Gasteiger partial charge in [0.05, 0.1) is 26.2 Å². The van der Waals surface area contributed by atoms with Crippen LogP contribution in [0, 0.1) is 0 Å². The van der Waals surface area contributed by atoms with Gasteiger partial charge in [-0.2, -0.15) is 0 Å². The first kappa shape index (κ1) is 22.6. The molecule has 0 aliphatic carbocycles. The molecule has 0 saturated carbocycles. The molecule has 3 rings (SSSR count). The minimum absolute atomic E-state index is 0.127. The van der Waals surface area contributed by atoms with Gasteiger partial charge in [0.1, 0.15) is 10.1 Å². The van der Waals surface area contributed by atoms with E-state index in [1.165, 1.54) is 16.7 Å². The first-order valence-electron chi connectivity index (χ1n) is 9.36. The number of thioether (sulfide) groups is 1. The molecule has 0 atom stereocenters. The van der Waals surface area contributed by atoms with Crippen LogP contribution in [-0.4, -0.2) is 48.9 Å². The lowest BCUT2D eigenvalue weighted by molar-refractivity contribution is -0.122. The number of methoxy groups -OCH3 is 3. The quantitative estimate of drug-likeness (QED) is 0.474. The Bertz CT molecular complexity index is 1020. The van der Waals surface area contributed by atoms with Crippen molar-refractivity contribution in [1.82, 2.24) is 4.90 Å². The third-order valence-electron chi connectivity index (χ3n) is 4.52. The van der Waals surface area contributed by atoms with Crippen LogP contribution >= 0.6 is 24.0 Å². The molecule has 2 amide bonds. The van der Waals surface area contributed by atoms with Crippen molar-refractivity contribution < 1.29 is 23.8 Å². The maximum absolute atomic E-state index is 12.8. The van der Waals surface area contributed by atoms with Gasteiger partial charge in [0.25, 0.3) is 5.91 Å². The van der Waals surface area contributed by atoms with Gasteiger partial charge in [-0.15, -0.1) is 0 Å². The van der Waals surface area contributed by atoms with E-state index in [0.29, 0.717) is 32.2 Å². The zero-order valence-electron chi connectivity index (χ0n) is 17.3. The number of rotatable bonds is 8. The standard InChI is InChI=1S/C22H22N2O5S2/c1-27-16-7-5-15(6-8-16)23-20(25)10-11-24-21(26)19(31-22(24)30)13-14-4-9-17(28-2)18(12-14)29-3/h4-9,12-13H,10-11H2,1-3H3,(H,23,25)/b19-13-. The summed E-state index contributed by atoms with van der Waals surface area (Å²) in [6.07, 6.45) is 1.88. The summed E-state index contributed by atoms with van der Waals surface area (Å²) in [6, 6.07) is 12.4. The zero-order chi connectivity index (χ0) is 22.4. The van der Waals surface area contributed by atoms with Gasteiger partial charge in [0.2, 0.25) is 5.91 Å². The normalized spacial score (nSPS) is 14.7. The Morgan fingerprint density at radius 3 is 2.42 bits per heavy atom. The van der Waals surface area contributed by atoms with Crippen LogP contribution in [0.15, 0.2) is 47.4 Å². The van der Waals surface area contributed by atoms with Crippen LogP contribution in [-0.2, 0) is 9.59 Å². The number of hydrogen-bond acceptors (Lipinski definition) is 7. The minimum Gasteiger partial charge on any atom is -0.497 e. The van der Waals surface area contributed by atoms with E-state index < -0.39 is 0 Å². The van der Waals surface area contributed by atoms with Crippen molar-refractivity contribution in [3.05, 3.63) is 52.9 Å². The van der Waals surface area contributed by atoms with Crippen LogP contribution in [0.4, 0.5) is 5.69 Å². The summed E-state index contributed by atoms with van der Waals surface area (Å²) in [5, 5.41) is 2.80. The molecule has 0 bridgehead atoms. The number of anilines is 1. The Labute approximate surface area is 190 Å². The molecule has 0 radical (unpaired) electrons. The van der Waals surface area contributed by atoms with Crippen LogP contribution in [0.2, 0.25) is 0 Å². The van der Waals surface area contributed by atoms with Crippen LogP contribution in [0.3, 0.4) is 0 Å². The monoisotopic (exact) mass is 458 g/mol. The summed E-state index contributed by atoms with van der Waals surface area (Å²) in [6.45, 7) is 0.204. The van der Waals surface area contributed by atoms with Gasteiger partial charge in [-0.1, -0.05) is 30.0 Å². The van der Waals surface area contributed by atoms with E-state index >= 15 is 0 Å². The van der Waals surface area contributed by atoms with Gasteiger partial charge < -0.3 is 19.5 Å². The molecule has 7 nitrogen and oxygen atoms in total. The molecule has 1 fully saturated rings. The topological polar surface area (TPSA) is 77.1 Å². The number of thiocarbonyl (C=S) groups is 1. The van der Waals surface area contributed by atoms with E-state index in [1.807, 2.05) is 6.07 Å². The van der Waals surface area contributed by atoms with E-state index in [1.54, 1.807) is 63.8 Å². The van der Waals surface area contributed by atoms with Crippen LogP contribution in [0.5, 0.6) is 17.2 Å². The summed E-state index contributed by atoms with van der Waals surface area (Å²) in [5.74, 6) is 1.46. The number of nitrogens with zero attached hydrogens (tertiary/aromatic N) is 1. The molecule has 1 N–H and O–H groups in total. The molecule has 162 valence electrons. The second-order valence-electron chi connectivity index (χ2n) is 6.47. The van der Waals surface area contributed by atoms with E-state index in [2.05, 4.69) is 5.32 Å². The number of nitrogens with one attached hydrogen (secondary N) is 1. The van der Waals surface area contributed by atoms with Gasteiger partial charge in [0.15, 0.2) is 11.5 Å². The molecule has 2 aromatic carbocycles. The number of benzene rings is 2. The summed E-state index contributed by atoms with van der Waals surface area (Å²) >= 11 is 6.56. The fourth-order valence-electron chi connectivity index (χ4n) is 2.90. The maximum Gasteiger partial charge on any atom is 0.266 e. The Balaban J connectivity index is 1.62. The van der Waals surface area contributed by atoms with Crippen molar-refractivity contribution in [1.29, 1.82) is 0 Å². The molecule has 9 heteroatoms. The highest BCUT2D eigenvalue weighted by atomic mass is 32.2. The van der Waals surface area contributed by atoms with Gasteiger partial charge in [-0.25, -0.2) is 0 Å². The fraction of sp³-hybridized carbons (Fsp3) is 0.227. The summed E-state index contributed by atoms with van der Waals surface area (Å²) in [7, 11) is 4.70. The molecule has 1 saturated heterocycles. The third-order valence-corrected chi connectivity index (χ3v) is 5.89. The SMILES string of the molecule is COc1ccc(NC(=O)CCN2C(=O)/C(=C/c3ccc(OC)c(OC)c3)SC2=S)cc1. The Hall–Kier alpha value is -3.04. The highest BCUT2D eigenvalue weighted by Crippen LogP contribution is 2.34. The van der Waals surface area contributed by atoms with Crippen molar-refractivity contribution >= 4 is 51.9 Å². The van der Waals surface area contributed by atoms with E-state index in [-0.39, 0.29) is 24.8 Å². The predicted octanol–water partition coefficient (Wildman–Crippen LogP) is 3.94. The van der Waals surface area contributed by atoms with Crippen molar-refractivity contribution in [2.75, 3.05) is 33.2 Å². The number of amides is 2. The lowest BCUT2D eigenvalue weighted by atomic mass is 10.2. The average Bonchev–Trinajstić information content (AvgIpc) is 3.04. The van der Waals surface area contributed by atoms with Crippen molar-refractivity contribution in [3.8, 4) is 17.2 Å². The van der Waals surface area contributed by atoms with Crippen LogP contribution in [0.25, 0.3) is 6.08 Å². The number of hydrogen-bond donors (Lipinski definition) is 1. The molecular formula is C22H22N2O5S2. The van der Waals surface area contributed by atoms with Crippen molar-refractivity contribution in [2.45, 2.75) is 6.42 Å². The van der Waals surface area contributed by atoms with Crippen molar-refractivity contribution in [3.63, 3.8) is 0 Å². The predicted molar refractivity (Wildman–Crippen MR) is 126 cm³/mol. The molecule has 1 aliphatic heterocycles. The maximum atomic E-state index is 12.8. The average molecular weight is 459 g/mol. The molecule has 0 spiro atoms. The van der Waals surface area contributed by atoms with Gasteiger partial charge in [-0.3, -0.25) is 14.5 Å². The first-order chi connectivity index (χ1) is 14.9. The molecule has 0 aromatic heterocycles. The minimum atomic E-state index is -0.220. The van der Waals surface area contributed by atoms with Gasteiger partial charge >= 0.3 is 0 Å². The summed E-state index contributed by atoms with van der Waals surface area (Å²) < 4.78 is 16.1. The second-order valence-corrected chi connectivity index (χ2v) is 8.15. The van der Waals surface area contributed by atoms with Crippen LogP contribution in [0.1, 0.15) is 12.0 Å². The van der Waals surface area contributed by atoms with Gasteiger partial charge in [-0.05, 0) is 48.0 Å². The zero-order valence-corrected chi connectivity index (χ0v) is 19.0. The lowest BCUT2D eigenvalue weighted by Crippen LogP contribution is -2.31. The molecule has 1 heterocycles. The lowest BCUT2D eigenvalue weighted by Gasteiger charge is -2.14. The Kier molecular flexibility index (Phi) is 7.54. The Morgan fingerprint density at radius 2 is 1.77 bits per heavy atom. The van der Waals surface area contributed by atoms with E-state index in [9.17, 15) is 9.59 Å². The molecule has 0 unspecified atom stereocenters. The largest absolute Gasteiger partial charge is 0.497 e. The van der Waals surface area contributed by atoms with Gasteiger partial charge in [0, 0.05) is 18.7 Å². The smallest absolute Gasteiger partial charge is 0.266 e. The third kappa shape index (κ3) is 5.56. The van der Waals surface area contributed by atoms with E-state index in [4.69, 9.17) is 26.4 Å². The molecule has 1 aliphatic rings. The fourth-order valence-corrected chi connectivity index (χ4v) is 4.21. The Morgan fingerprint density at radius 1 is 1.06 bits per heavy atom. The molecular weight excluding hydrogens is 436 g/mol. The molecule has 2 aromatic rings. The molecule has 31 heavy (non-hydrogen) atoms. The second kappa shape index (κ2) is 10.3. The van der Waals surface area contributed by atoms with E-state index in [0.717, 1.165) is 5.56 Å². The number of carbonyl (C=O) groups excluding carboxylic acids is 2. The number of ether oxygens (including phenoxy) is 3. The summed E-state index contributed by atoms with van der Waals surface area (Å²) in [4.78, 5) is 27.0. The number of carbonyl (C=O) groups is 2. The van der Waals surface area contributed by atoms with Crippen molar-refractivity contribution in [2.24, 2.45) is 0 Å².